The largest absolute Gasteiger partial charge is 0.309 e. The van der Waals surface area contributed by atoms with Gasteiger partial charge in [0.05, 0.1) is 0 Å². The minimum atomic E-state index is -3.23. The van der Waals surface area contributed by atoms with Gasteiger partial charge < -0.3 is 4.57 Å². The monoisotopic (exact) mass is 576 g/mol. The number of aryl methyl sites for hydroxylation is 6. The lowest BCUT2D eigenvalue weighted by atomic mass is 9.33. The van der Waals surface area contributed by atoms with Crippen molar-refractivity contribution in [3.8, 4) is 0 Å². The van der Waals surface area contributed by atoms with Crippen LogP contribution in [0.3, 0.4) is 0 Å². The summed E-state index contributed by atoms with van der Waals surface area (Å²) in [4.78, 5) is 0. The molecule has 0 amide bonds. The summed E-state index contributed by atoms with van der Waals surface area (Å²) in [6.45, 7) is 13.3. The molecule has 0 saturated heterocycles. The molecular formula is C40H38BOP. The fraction of sp³-hybridized carbons (Fsp3) is 0.150. The standard InChI is InChI=1S/C40H38BOP/c1-27-23-29(3)39(30(4)24-27)41(40-31(5)25-28(2)26-32(40)6)36-21-13-15-33-16-14-22-37(38(33)36)43(42,34-17-9-7-10-18-34)35-19-11-8-12-20-35/h7-26H,1-6H3. The first-order chi connectivity index (χ1) is 20.7. The van der Waals surface area contributed by atoms with Crippen LogP contribution in [0.15, 0.2) is 121 Å². The highest BCUT2D eigenvalue weighted by Crippen LogP contribution is 2.44. The summed E-state index contributed by atoms with van der Waals surface area (Å²) in [7, 11) is -3.23. The van der Waals surface area contributed by atoms with E-state index in [0.29, 0.717) is 0 Å². The van der Waals surface area contributed by atoms with Crippen LogP contribution in [-0.4, -0.2) is 6.71 Å². The third-order valence-corrected chi connectivity index (χ3v) is 12.0. The third-order valence-electron chi connectivity index (χ3n) is 8.86. The fourth-order valence-electron chi connectivity index (χ4n) is 7.30. The molecule has 0 aliphatic carbocycles. The molecule has 43 heavy (non-hydrogen) atoms. The topological polar surface area (TPSA) is 17.1 Å². The SMILES string of the molecule is Cc1cc(C)c(B(c2c(C)cc(C)cc2C)c2cccc3cccc(P(=O)(c4ccccc4)c4ccccc4)c23)c(C)c1. The molecule has 0 bridgehead atoms. The van der Waals surface area contributed by atoms with Crippen LogP contribution in [0, 0.1) is 41.5 Å². The van der Waals surface area contributed by atoms with Gasteiger partial charge in [-0.25, -0.2) is 0 Å². The van der Waals surface area contributed by atoms with Gasteiger partial charge in [0.1, 0.15) is 0 Å². The summed E-state index contributed by atoms with van der Waals surface area (Å²) < 4.78 is 15.8. The van der Waals surface area contributed by atoms with Crippen LogP contribution in [-0.2, 0) is 4.57 Å². The summed E-state index contributed by atoms with van der Waals surface area (Å²) in [5.74, 6) is 0. The van der Waals surface area contributed by atoms with Gasteiger partial charge >= 0.3 is 0 Å². The van der Waals surface area contributed by atoms with Gasteiger partial charge in [0.2, 0.25) is 6.71 Å². The molecule has 0 aliphatic rings. The quantitative estimate of drug-likeness (QED) is 0.157. The molecule has 0 aliphatic heterocycles. The lowest BCUT2D eigenvalue weighted by Crippen LogP contribution is -2.56. The van der Waals surface area contributed by atoms with E-state index in [9.17, 15) is 0 Å². The van der Waals surface area contributed by atoms with Crippen molar-refractivity contribution in [2.75, 3.05) is 0 Å². The maximum absolute atomic E-state index is 15.8. The van der Waals surface area contributed by atoms with Crippen molar-refractivity contribution < 1.29 is 4.57 Å². The van der Waals surface area contributed by atoms with Crippen LogP contribution in [0.25, 0.3) is 10.8 Å². The summed E-state index contributed by atoms with van der Waals surface area (Å²) in [6.07, 6.45) is 0. The third kappa shape index (κ3) is 5.09. The summed E-state index contributed by atoms with van der Waals surface area (Å²) in [6, 6.07) is 42.2. The molecule has 6 aromatic rings. The van der Waals surface area contributed by atoms with Gasteiger partial charge in [-0.15, -0.1) is 0 Å². The number of hydrogen-bond acceptors (Lipinski definition) is 1. The maximum Gasteiger partial charge on any atom is 0.243 e. The molecule has 6 rings (SSSR count). The van der Waals surface area contributed by atoms with Crippen molar-refractivity contribution in [1.82, 2.24) is 0 Å². The minimum Gasteiger partial charge on any atom is -0.309 e. The van der Waals surface area contributed by atoms with Gasteiger partial charge in [0.15, 0.2) is 7.14 Å². The zero-order valence-electron chi connectivity index (χ0n) is 26.0. The Labute approximate surface area is 257 Å². The van der Waals surface area contributed by atoms with Crippen molar-refractivity contribution in [3.63, 3.8) is 0 Å². The Hall–Kier alpha value is -4.13. The van der Waals surface area contributed by atoms with Crippen molar-refractivity contribution in [1.29, 1.82) is 0 Å². The summed E-state index contributed by atoms with van der Waals surface area (Å²) in [5.41, 5.74) is 11.5. The smallest absolute Gasteiger partial charge is 0.243 e. The Balaban J connectivity index is 1.78. The first kappa shape index (κ1) is 29.0. The summed E-state index contributed by atoms with van der Waals surface area (Å²) in [5, 5.41) is 4.80. The lowest BCUT2D eigenvalue weighted by Gasteiger charge is -2.28. The van der Waals surface area contributed by atoms with Gasteiger partial charge in [-0.1, -0.05) is 171 Å². The Morgan fingerprint density at radius 2 is 0.907 bits per heavy atom. The van der Waals surface area contributed by atoms with Gasteiger partial charge in [-0.2, -0.15) is 0 Å². The molecule has 0 fully saturated rings. The Morgan fingerprint density at radius 3 is 1.35 bits per heavy atom. The molecule has 3 heteroatoms. The summed E-state index contributed by atoms with van der Waals surface area (Å²) >= 11 is 0. The van der Waals surface area contributed by atoms with E-state index in [-0.39, 0.29) is 6.71 Å². The molecule has 0 aromatic heterocycles. The average molecular weight is 577 g/mol. The highest BCUT2D eigenvalue weighted by Gasteiger charge is 2.35. The minimum absolute atomic E-state index is 0.0222. The van der Waals surface area contributed by atoms with Crippen LogP contribution in [0.2, 0.25) is 0 Å². The van der Waals surface area contributed by atoms with E-state index in [1.54, 1.807) is 0 Å². The molecule has 6 aromatic carbocycles. The van der Waals surface area contributed by atoms with Gasteiger partial charge in [0.25, 0.3) is 0 Å². The number of rotatable bonds is 6. The Bertz CT molecular complexity index is 1860. The van der Waals surface area contributed by atoms with E-state index in [2.05, 4.69) is 102 Å². The van der Waals surface area contributed by atoms with Crippen molar-refractivity contribution in [3.05, 3.63) is 155 Å². The van der Waals surface area contributed by atoms with Crippen molar-refractivity contribution >= 4 is 56.9 Å². The first-order valence-electron chi connectivity index (χ1n) is 15.1. The van der Waals surface area contributed by atoms with E-state index in [0.717, 1.165) is 26.7 Å². The normalized spacial score (nSPS) is 11.6. The second-order valence-electron chi connectivity index (χ2n) is 12.1. The molecule has 0 atom stereocenters. The zero-order chi connectivity index (χ0) is 30.3. The van der Waals surface area contributed by atoms with Crippen LogP contribution < -0.4 is 32.3 Å². The van der Waals surface area contributed by atoms with E-state index in [1.165, 1.54) is 49.8 Å². The van der Waals surface area contributed by atoms with Gasteiger partial charge in [0, 0.05) is 15.9 Å². The van der Waals surface area contributed by atoms with E-state index >= 15 is 4.57 Å². The van der Waals surface area contributed by atoms with Crippen LogP contribution in [0.4, 0.5) is 0 Å². The maximum atomic E-state index is 15.8. The van der Waals surface area contributed by atoms with Crippen molar-refractivity contribution in [2.45, 2.75) is 41.5 Å². The second kappa shape index (κ2) is 11.5. The van der Waals surface area contributed by atoms with Gasteiger partial charge in [-0.3, -0.25) is 0 Å². The fourth-order valence-corrected chi connectivity index (χ4v) is 10.2. The molecule has 212 valence electrons. The predicted molar refractivity (Wildman–Crippen MR) is 189 cm³/mol. The second-order valence-corrected chi connectivity index (χ2v) is 14.8. The highest BCUT2D eigenvalue weighted by molar-refractivity contribution is 7.85. The molecule has 0 N–H and O–H groups in total. The highest BCUT2D eigenvalue weighted by atomic mass is 31.2. The van der Waals surface area contributed by atoms with Crippen LogP contribution in [0.5, 0.6) is 0 Å². The molecular weight excluding hydrogens is 538 g/mol. The molecule has 0 heterocycles. The number of hydrogen-bond donors (Lipinski definition) is 0. The Kier molecular flexibility index (Phi) is 7.76. The molecule has 0 spiro atoms. The predicted octanol–water partition coefficient (Wildman–Crippen LogP) is 6.85. The first-order valence-corrected chi connectivity index (χ1v) is 16.8. The van der Waals surface area contributed by atoms with Crippen LogP contribution >= 0.6 is 7.14 Å². The number of fused-ring (bicyclic) bond motifs is 1. The van der Waals surface area contributed by atoms with E-state index in [4.69, 9.17) is 0 Å². The van der Waals surface area contributed by atoms with Crippen LogP contribution in [0.1, 0.15) is 33.4 Å². The molecule has 0 radical (unpaired) electrons. The van der Waals surface area contributed by atoms with E-state index in [1.807, 2.05) is 60.7 Å². The lowest BCUT2D eigenvalue weighted by molar-refractivity contribution is 0.592. The van der Waals surface area contributed by atoms with E-state index < -0.39 is 7.14 Å². The Morgan fingerprint density at radius 1 is 0.488 bits per heavy atom. The van der Waals surface area contributed by atoms with Crippen molar-refractivity contribution in [2.24, 2.45) is 0 Å². The molecule has 1 nitrogen and oxygen atoms in total. The zero-order valence-corrected chi connectivity index (χ0v) is 26.9. The number of benzene rings is 6. The van der Waals surface area contributed by atoms with Gasteiger partial charge in [-0.05, 0) is 52.3 Å². The molecule has 0 saturated carbocycles. The average Bonchev–Trinajstić information content (AvgIpc) is 2.99. The molecule has 0 unspecified atom stereocenters.